The molecule has 1 aliphatic heterocycles. The van der Waals surface area contributed by atoms with E-state index in [0.717, 1.165) is 5.41 Å². The molecule has 0 aromatic heterocycles. The van der Waals surface area contributed by atoms with Gasteiger partial charge in [-0.3, -0.25) is 0 Å². The second-order valence-corrected chi connectivity index (χ2v) is 3.88. The van der Waals surface area contributed by atoms with Crippen molar-refractivity contribution in [3.05, 3.63) is 11.5 Å². The molecular formula is C5H5NO3S. The second-order valence-electron chi connectivity index (χ2n) is 1.95. The maximum atomic E-state index is 10.6. The number of rotatable bonds is 1. The lowest BCUT2D eigenvalue weighted by molar-refractivity contribution is 0.561. The Labute approximate surface area is 58.2 Å². The normalized spacial score (nSPS) is 27.8. The Bertz CT molecular complexity index is 297. The Morgan fingerprint density at radius 1 is 1.60 bits per heavy atom. The van der Waals surface area contributed by atoms with Crippen LogP contribution in [0.3, 0.4) is 0 Å². The smallest absolute Gasteiger partial charge is 0.224 e. The molecule has 54 valence electrons. The zero-order valence-corrected chi connectivity index (χ0v) is 5.84. The number of carbonyl (C=O) groups excluding carboxylic acids is 1. The first-order chi connectivity index (χ1) is 4.64. The molecular weight excluding hydrogens is 154 g/mol. The van der Waals surface area contributed by atoms with Crippen LogP contribution >= 0.6 is 0 Å². The van der Waals surface area contributed by atoms with E-state index in [4.69, 9.17) is 0 Å². The van der Waals surface area contributed by atoms with Crippen LogP contribution in [0.25, 0.3) is 0 Å². The van der Waals surface area contributed by atoms with Gasteiger partial charge in [0.05, 0.1) is 11.8 Å². The van der Waals surface area contributed by atoms with Crippen LogP contribution in [-0.2, 0) is 14.6 Å². The molecule has 0 amide bonds. The number of nitrogens with zero attached hydrogens (tertiary/aromatic N) is 1. The van der Waals surface area contributed by atoms with E-state index >= 15 is 0 Å². The fourth-order valence-electron chi connectivity index (χ4n) is 0.708. The molecule has 0 saturated heterocycles. The van der Waals surface area contributed by atoms with Crippen LogP contribution in [0.4, 0.5) is 0 Å². The highest BCUT2D eigenvalue weighted by Gasteiger charge is 2.20. The summed E-state index contributed by atoms with van der Waals surface area (Å²) in [6, 6.07) is -0.512. The first-order valence-corrected chi connectivity index (χ1v) is 4.33. The molecule has 1 heterocycles. The molecule has 5 heteroatoms. The van der Waals surface area contributed by atoms with E-state index < -0.39 is 15.9 Å². The standard InChI is InChI=1S/C5H5NO3S/c7-4-6-5-1-2-10(8,9)3-5/h1-2,5H,3H2/t5-/m1/s1. The Kier molecular flexibility index (Phi) is 1.70. The van der Waals surface area contributed by atoms with E-state index in [1.54, 1.807) is 0 Å². The van der Waals surface area contributed by atoms with Crippen LogP contribution in [0.2, 0.25) is 0 Å². The first kappa shape index (κ1) is 7.18. The lowest BCUT2D eigenvalue weighted by Crippen LogP contribution is -2.07. The number of aliphatic imine (C=N–C) groups is 1. The molecule has 10 heavy (non-hydrogen) atoms. The lowest BCUT2D eigenvalue weighted by atomic mass is 10.4. The van der Waals surface area contributed by atoms with Gasteiger partial charge in [0.15, 0.2) is 9.84 Å². The molecule has 0 unspecified atom stereocenters. The molecule has 0 saturated carbocycles. The zero-order valence-electron chi connectivity index (χ0n) is 5.02. The van der Waals surface area contributed by atoms with Crippen molar-refractivity contribution >= 4 is 15.9 Å². The van der Waals surface area contributed by atoms with Gasteiger partial charge in [-0.05, 0) is 6.08 Å². The molecule has 0 fully saturated rings. The van der Waals surface area contributed by atoms with Crippen molar-refractivity contribution in [2.75, 3.05) is 5.75 Å². The predicted molar refractivity (Wildman–Crippen MR) is 34.8 cm³/mol. The van der Waals surface area contributed by atoms with E-state index in [1.807, 2.05) is 0 Å². The summed E-state index contributed by atoms with van der Waals surface area (Å²) in [7, 11) is -3.07. The van der Waals surface area contributed by atoms with Gasteiger partial charge in [-0.25, -0.2) is 13.2 Å². The molecule has 4 nitrogen and oxygen atoms in total. The van der Waals surface area contributed by atoms with Gasteiger partial charge in [0.2, 0.25) is 6.08 Å². The highest BCUT2D eigenvalue weighted by molar-refractivity contribution is 7.94. The summed E-state index contributed by atoms with van der Waals surface area (Å²) in [4.78, 5) is 12.9. The van der Waals surface area contributed by atoms with Crippen LogP contribution in [0.1, 0.15) is 0 Å². The third kappa shape index (κ3) is 1.52. The molecule has 1 atom stereocenters. The fourth-order valence-corrected chi connectivity index (χ4v) is 1.90. The van der Waals surface area contributed by atoms with Crippen molar-refractivity contribution in [2.45, 2.75) is 6.04 Å². The minimum atomic E-state index is -3.07. The summed E-state index contributed by atoms with van der Waals surface area (Å²) in [5, 5.41) is 1.07. The zero-order chi connectivity index (χ0) is 7.61. The summed E-state index contributed by atoms with van der Waals surface area (Å²) < 4.78 is 21.3. The van der Waals surface area contributed by atoms with Crippen molar-refractivity contribution in [1.82, 2.24) is 0 Å². The molecule has 0 aliphatic carbocycles. The third-order valence-electron chi connectivity index (χ3n) is 1.13. The van der Waals surface area contributed by atoms with Crippen LogP contribution in [0.15, 0.2) is 16.5 Å². The fraction of sp³-hybridized carbons (Fsp3) is 0.400. The summed E-state index contributed by atoms with van der Waals surface area (Å²) in [5.41, 5.74) is 0. The molecule has 0 bridgehead atoms. The van der Waals surface area contributed by atoms with Gasteiger partial charge in [0.25, 0.3) is 0 Å². The van der Waals surface area contributed by atoms with Crippen molar-refractivity contribution in [3.63, 3.8) is 0 Å². The van der Waals surface area contributed by atoms with Gasteiger partial charge in [-0.2, -0.15) is 4.99 Å². The molecule has 1 aliphatic rings. The molecule has 0 aromatic carbocycles. The molecule has 1 rings (SSSR count). The van der Waals surface area contributed by atoms with Crippen molar-refractivity contribution in [2.24, 2.45) is 4.99 Å². The summed E-state index contributed by atoms with van der Waals surface area (Å²) in [6.07, 6.45) is 2.68. The third-order valence-corrected chi connectivity index (χ3v) is 2.51. The van der Waals surface area contributed by atoms with Crippen LogP contribution < -0.4 is 0 Å². The first-order valence-electron chi connectivity index (χ1n) is 2.62. The monoisotopic (exact) mass is 159 g/mol. The Balaban J connectivity index is 2.81. The SMILES string of the molecule is O=C=N[C@@H]1C=CS(=O)(=O)C1. The van der Waals surface area contributed by atoms with Crippen molar-refractivity contribution in [3.8, 4) is 0 Å². The Morgan fingerprint density at radius 3 is 2.70 bits per heavy atom. The predicted octanol–water partition coefficient (Wildman–Crippen LogP) is -0.367. The molecule has 0 N–H and O–H groups in total. The summed E-state index contributed by atoms with van der Waals surface area (Å²) >= 11 is 0. The lowest BCUT2D eigenvalue weighted by Gasteiger charge is -1.91. The average molecular weight is 159 g/mol. The molecule has 0 radical (unpaired) electrons. The van der Waals surface area contributed by atoms with Crippen molar-refractivity contribution < 1.29 is 13.2 Å². The van der Waals surface area contributed by atoms with E-state index in [2.05, 4.69) is 4.99 Å². The van der Waals surface area contributed by atoms with E-state index in [9.17, 15) is 13.2 Å². The Morgan fingerprint density at radius 2 is 2.30 bits per heavy atom. The summed E-state index contributed by atoms with van der Waals surface area (Å²) in [5.74, 6) is -0.0950. The van der Waals surface area contributed by atoms with Crippen LogP contribution in [0, 0.1) is 0 Å². The van der Waals surface area contributed by atoms with Gasteiger partial charge < -0.3 is 0 Å². The highest BCUT2D eigenvalue weighted by Crippen LogP contribution is 2.09. The minimum Gasteiger partial charge on any atom is -0.224 e. The van der Waals surface area contributed by atoms with Gasteiger partial charge in [0, 0.05) is 5.41 Å². The largest absolute Gasteiger partial charge is 0.235 e. The maximum absolute atomic E-state index is 10.6. The van der Waals surface area contributed by atoms with E-state index in [1.165, 1.54) is 12.2 Å². The number of isocyanates is 1. The summed E-state index contributed by atoms with van der Waals surface area (Å²) in [6.45, 7) is 0. The minimum absolute atomic E-state index is 0.0950. The molecule has 0 aromatic rings. The van der Waals surface area contributed by atoms with E-state index in [-0.39, 0.29) is 5.75 Å². The quantitative estimate of drug-likeness (QED) is 0.387. The molecule has 0 spiro atoms. The van der Waals surface area contributed by atoms with Gasteiger partial charge in [-0.1, -0.05) is 0 Å². The number of hydrogen-bond donors (Lipinski definition) is 0. The van der Waals surface area contributed by atoms with E-state index in [0.29, 0.717) is 0 Å². The second kappa shape index (κ2) is 2.36. The maximum Gasteiger partial charge on any atom is 0.235 e. The number of sulfone groups is 1. The average Bonchev–Trinajstić information content (AvgIpc) is 2.12. The topological polar surface area (TPSA) is 63.6 Å². The van der Waals surface area contributed by atoms with Crippen molar-refractivity contribution in [1.29, 1.82) is 0 Å². The highest BCUT2D eigenvalue weighted by atomic mass is 32.2. The number of hydrogen-bond acceptors (Lipinski definition) is 4. The van der Waals surface area contributed by atoms with Gasteiger partial charge in [0.1, 0.15) is 0 Å². The van der Waals surface area contributed by atoms with Crippen LogP contribution in [0.5, 0.6) is 0 Å². The van der Waals surface area contributed by atoms with Crippen LogP contribution in [-0.4, -0.2) is 26.3 Å². The Hall–Kier alpha value is -0.930. The van der Waals surface area contributed by atoms with Gasteiger partial charge in [-0.15, -0.1) is 0 Å². The van der Waals surface area contributed by atoms with Gasteiger partial charge >= 0.3 is 0 Å².